The highest BCUT2D eigenvalue weighted by atomic mass is 79.9. The van der Waals surface area contributed by atoms with Crippen LogP contribution in [0.1, 0.15) is 25.2 Å². The SMILES string of the molecule is CCC(NS(=O)(=O)c1cc(N)cc(Br)c1F)c1ncc[nH]1. The van der Waals surface area contributed by atoms with E-state index in [9.17, 15) is 12.8 Å². The molecule has 2 aromatic rings. The van der Waals surface area contributed by atoms with Gasteiger partial charge in [0.1, 0.15) is 10.7 Å². The van der Waals surface area contributed by atoms with E-state index in [0.717, 1.165) is 6.07 Å². The Morgan fingerprint density at radius 2 is 2.24 bits per heavy atom. The van der Waals surface area contributed by atoms with Crippen molar-refractivity contribution in [3.05, 3.63) is 40.6 Å². The Balaban J connectivity index is 2.39. The summed E-state index contributed by atoms with van der Waals surface area (Å²) in [5, 5.41) is 0. The predicted octanol–water partition coefficient (Wildman–Crippen LogP) is 2.32. The summed E-state index contributed by atoms with van der Waals surface area (Å²) in [5.74, 6) is -0.421. The van der Waals surface area contributed by atoms with Gasteiger partial charge in [0.25, 0.3) is 0 Å². The number of aromatic amines is 1. The van der Waals surface area contributed by atoms with Crippen LogP contribution in [0.3, 0.4) is 0 Å². The molecule has 2 rings (SSSR count). The maximum absolute atomic E-state index is 14.0. The molecular weight excluding hydrogens is 363 g/mol. The Kier molecular flexibility index (Phi) is 4.64. The van der Waals surface area contributed by atoms with Crippen molar-refractivity contribution >= 4 is 31.6 Å². The van der Waals surface area contributed by atoms with Gasteiger partial charge < -0.3 is 10.7 Å². The van der Waals surface area contributed by atoms with E-state index in [4.69, 9.17) is 5.73 Å². The van der Waals surface area contributed by atoms with Gasteiger partial charge >= 0.3 is 0 Å². The monoisotopic (exact) mass is 376 g/mol. The van der Waals surface area contributed by atoms with E-state index in [0.29, 0.717) is 12.2 Å². The van der Waals surface area contributed by atoms with Gasteiger partial charge in [-0.2, -0.15) is 0 Å². The Morgan fingerprint density at radius 3 is 2.81 bits per heavy atom. The highest BCUT2D eigenvalue weighted by Gasteiger charge is 2.26. The molecule has 6 nitrogen and oxygen atoms in total. The zero-order valence-electron chi connectivity index (χ0n) is 11.1. The van der Waals surface area contributed by atoms with E-state index in [1.54, 1.807) is 13.1 Å². The number of nitrogen functional groups attached to an aromatic ring is 1. The van der Waals surface area contributed by atoms with Gasteiger partial charge in [-0.3, -0.25) is 0 Å². The average molecular weight is 377 g/mol. The number of imidazole rings is 1. The largest absolute Gasteiger partial charge is 0.399 e. The van der Waals surface area contributed by atoms with E-state index in [2.05, 4.69) is 30.6 Å². The predicted molar refractivity (Wildman–Crippen MR) is 80.5 cm³/mol. The van der Waals surface area contributed by atoms with Crippen molar-refractivity contribution in [2.24, 2.45) is 0 Å². The molecule has 1 heterocycles. The number of nitrogens with one attached hydrogen (secondary N) is 2. The summed E-state index contributed by atoms with van der Waals surface area (Å²) in [6.45, 7) is 1.79. The molecule has 0 saturated carbocycles. The number of nitrogens with two attached hydrogens (primary N) is 1. The lowest BCUT2D eigenvalue weighted by atomic mass is 10.2. The summed E-state index contributed by atoms with van der Waals surface area (Å²) in [7, 11) is -4.07. The lowest BCUT2D eigenvalue weighted by Crippen LogP contribution is -2.29. The minimum Gasteiger partial charge on any atom is -0.399 e. The summed E-state index contributed by atoms with van der Waals surface area (Å²) >= 11 is 2.95. The third-order valence-electron chi connectivity index (χ3n) is 2.86. The molecule has 114 valence electrons. The number of anilines is 1. The summed E-state index contributed by atoms with van der Waals surface area (Å²) in [6, 6.07) is 1.81. The van der Waals surface area contributed by atoms with E-state index >= 15 is 0 Å². The second-order valence-electron chi connectivity index (χ2n) is 4.37. The van der Waals surface area contributed by atoms with Crippen molar-refractivity contribution in [1.29, 1.82) is 0 Å². The molecule has 1 aromatic heterocycles. The first-order valence-corrected chi connectivity index (χ1v) is 8.39. The standard InChI is InChI=1S/C12H14BrFN4O2S/c1-2-9(12-16-3-4-17-12)18-21(19,20)10-6-7(15)5-8(13)11(10)14/h3-6,9,18H,2,15H2,1H3,(H,16,17). The fourth-order valence-electron chi connectivity index (χ4n) is 1.83. The molecule has 0 amide bonds. The minimum atomic E-state index is -4.07. The van der Waals surface area contributed by atoms with Gasteiger partial charge in [0.05, 0.1) is 10.5 Å². The molecule has 0 bridgehead atoms. The van der Waals surface area contributed by atoms with E-state index in [1.165, 1.54) is 12.3 Å². The Morgan fingerprint density at radius 1 is 1.52 bits per heavy atom. The molecule has 1 atom stereocenters. The van der Waals surface area contributed by atoms with Crippen LogP contribution in [0.2, 0.25) is 0 Å². The van der Waals surface area contributed by atoms with Gasteiger partial charge in [-0.1, -0.05) is 6.92 Å². The lowest BCUT2D eigenvalue weighted by molar-refractivity contribution is 0.526. The maximum Gasteiger partial charge on any atom is 0.244 e. The Bertz CT molecular complexity index is 734. The van der Waals surface area contributed by atoms with Gasteiger partial charge in [-0.15, -0.1) is 0 Å². The van der Waals surface area contributed by atoms with Crippen LogP contribution in [0.25, 0.3) is 0 Å². The van der Waals surface area contributed by atoms with Crippen LogP contribution in [0.15, 0.2) is 33.9 Å². The van der Waals surface area contributed by atoms with Gasteiger partial charge in [0, 0.05) is 18.1 Å². The molecule has 0 fully saturated rings. The van der Waals surface area contributed by atoms with E-state index in [-0.39, 0.29) is 10.2 Å². The maximum atomic E-state index is 14.0. The highest BCUT2D eigenvalue weighted by molar-refractivity contribution is 9.10. The minimum absolute atomic E-state index is 0.00563. The van der Waals surface area contributed by atoms with Gasteiger partial charge in [-0.25, -0.2) is 22.5 Å². The van der Waals surface area contributed by atoms with Crippen molar-refractivity contribution in [2.45, 2.75) is 24.3 Å². The molecule has 1 unspecified atom stereocenters. The number of hydrogen-bond acceptors (Lipinski definition) is 4. The summed E-state index contributed by atoms with van der Waals surface area (Å²) < 4.78 is 41.1. The Hall–Kier alpha value is -1.45. The van der Waals surface area contributed by atoms with Crippen molar-refractivity contribution < 1.29 is 12.8 Å². The van der Waals surface area contributed by atoms with Crippen LogP contribution in [-0.4, -0.2) is 18.4 Å². The fraction of sp³-hybridized carbons (Fsp3) is 0.250. The molecular formula is C12H14BrFN4O2S. The third kappa shape index (κ3) is 3.42. The first-order valence-electron chi connectivity index (χ1n) is 6.11. The summed E-state index contributed by atoms with van der Waals surface area (Å²) in [4.78, 5) is 6.35. The highest BCUT2D eigenvalue weighted by Crippen LogP contribution is 2.27. The third-order valence-corrected chi connectivity index (χ3v) is 4.91. The molecule has 9 heteroatoms. The molecule has 4 N–H and O–H groups in total. The molecule has 0 aliphatic rings. The number of aromatic nitrogens is 2. The number of sulfonamides is 1. The average Bonchev–Trinajstić information content (AvgIpc) is 2.94. The number of nitrogens with zero attached hydrogens (tertiary/aromatic N) is 1. The van der Waals surface area contributed by atoms with E-state index < -0.39 is 26.8 Å². The molecule has 0 saturated heterocycles. The number of halogens is 2. The van der Waals surface area contributed by atoms with Crippen molar-refractivity contribution in [1.82, 2.24) is 14.7 Å². The second-order valence-corrected chi connectivity index (χ2v) is 6.91. The fourth-order valence-corrected chi connectivity index (χ4v) is 3.86. The molecule has 21 heavy (non-hydrogen) atoms. The molecule has 0 aliphatic heterocycles. The van der Waals surface area contributed by atoms with Gasteiger partial charge in [-0.05, 0) is 34.5 Å². The quantitative estimate of drug-likeness (QED) is 0.696. The first-order chi connectivity index (χ1) is 9.85. The van der Waals surface area contributed by atoms with Crippen LogP contribution in [0.5, 0.6) is 0 Å². The second kappa shape index (κ2) is 6.12. The molecule has 0 radical (unpaired) electrons. The van der Waals surface area contributed by atoms with Crippen LogP contribution >= 0.6 is 15.9 Å². The molecule has 0 spiro atoms. The van der Waals surface area contributed by atoms with Crippen LogP contribution in [0, 0.1) is 5.82 Å². The zero-order valence-corrected chi connectivity index (χ0v) is 13.5. The summed E-state index contributed by atoms with van der Waals surface area (Å²) in [6.07, 6.45) is 3.56. The topological polar surface area (TPSA) is 101 Å². The van der Waals surface area contributed by atoms with Crippen molar-refractivity contribution in [2.75, 3.05) is 5.73 Å². The van der Waals surface area contributed by atoms with Crippen LogP contribution in [-0.2, 0) is 10.0 Å². The zero-order chi connectivity index (χ0) is 15.6. The summed E-state index contributed by atoms with van der Waals surface area (Å²) in [5.41, 5.74) is 5.72. The van der Waals surface area contributed by atoms with Gasteiger partial charge in [0.15, 0.2) is 5.82 Å². The van der Waals surface area contributed by atoms with Crippen molar-refractivity contribution in [3.63, 3.8) is 0 Å². The lowest BCUT2D eigenvalue weighted by Gasteiger charge is -2.16. The smallest absolute Gasteiger partial charge is 0.244 e. The van der Waals surface area contributed by atoms with Crippen LogP contribution < -0.4 is 10.5 Å². The van der Waals surface area contributed by atoms with E-state index in [1.807, 2.05) is 0 Å². The van der Waals surface area contributed by atoms with Crippen LogP contribution in [0.4, 0.5) is 10.1 Å². The normalized spacial score (nSPS) is 13.3. The first kappa shape index (κ1) is 15.9. The number of hydrogen-bond donors (Lipinski definition) is 3. The molecule has 1 aromatic carbocycles. The van der Waals surface area contributed by atoms with Crippen molar-refractivity contribution in [3.8, 4) is 0 Å². The Labute approximate surface area is 130 Å². The number of benzene rings is 1. The van der Waals surface area contributed by atoms with Gasteiger partial charge in [0.2, 0.25) is 10.0 Å². The number of rotatable bonds is 5. The number of H-pyrrole nitrogens is 1. The molecule has 0 aliphatic carbocycles.